The molecule has 10 heteroatoms. The summed E-state index contributed by atoms with van der Waals surface area (Å²) in [6.45, 7) is 0. The van der Waals surface area contributed by atoms with Gasteiger partial charge in [0.05, 0.1) is 10.5 Å². The van der Waals surface area contributed by atoms with Crippen molar-refractivity contribution in [2.75, 3.05) is 0 Å². The number of carbonyl (C=O) groups is 4. The third kappa shape index (κ3) is 7.99. The molecule has 50 heavy (non-hydrogen) atoms. The first kappa shape index (κ1) is 34.3. The van der Waals surface area contributed by atoms with Crippen molar-refractivity contribution >= 4 is 45.2 Å². The molecule has 2 aliphatic carbocycles. The highest BCUT2D eigenvalue weighted by atomic mass is 33.1. The van der Waals surface area contributed by atoms with Crippen molar-refractivity contribution in [2.45, 2.75) is 21.8 Å². The molecule has 0 saturated heterocycles. The SMILES string of the molecule is O=C(NC1(NC(=O)c2ccccc2)C=CC=CC1SSC1C=CC=CC1(NC(=O)c1ccccc1)NC(=O)c1ccccc1)c1ccccc1. The summed E-state index contributed by atoms with van der Waals surface area (Å²) in [5.41, 5.74) is -0.940. The Morgan fingerprint density at radius 2 is 0.660 bits per heavy atom. The number of carbonyl (C=O) groups excluding carboxylic acids is 4. The van der Waals surface area contributed by atoms with Crippen LogP contribution in [0.1, 0.15) is 41.4 Å². The van der Waals surface area contributed by atoms with Gasteiger partial charge >= 0.3 is 0 Å². The lowest BCUT2D eigenvalue weighted by Crippen LogP contribution is -2.66. The molecule has 0 spiro atoms. The van der Waals surface area contributed by atoms with Gasteiger partial charge in [-0.3, -0.25) is 19.2 Å². The van der Waals surface area contributed by atoms with Crippen molar-refractivity contribution in [3.8, 4) is 0 Å². The van der Waals surface area contributed by atoms with Gasteiger partial charge in [0, 0.05) is 22.3 Å². The van der Waals surface area contributed by atoms with Gasteiger partial charge < -0.3 is 21.3 Å². The average Bonchev–Trinajstić information content (AvgIpc) is 3.16. The van der Waals surface area contributed by atoms with Gasteiger partial charge in [-0.15, -0.1) is 0 Å². The molecule has 250 valence electrons. The summed E-state index contributed by atoms with van der Waals surface area (Å²) in [6.07, 6.45) is 14.6. The molecule has 0 radical (unpaired) electrons. The molecular weight excluding hydrogens is 665 g/mol. The first-order valence-electron chi connectivity index (χ1n) is 15.9. The van der Waals surface area contributed by atoms with Crippen LogP contribution in [-0.4, -0.2) is 45.5 Å². The van der Waals surface area contributed by atoms with Crippen LogP contribution < -0.4 is 21.3 Å². The van der Waals surface area contributed by atoms with E-state index in [1.807, 2.05) is 48.6 Å². The monoisotopic (exact) mass is 698 g/mol. The van der Waals surface area contributed by atoms with Crippen molar-refractivity contribution in [3.63, 3.8) is 0 Å². The largest absolute Gasteiger partial charge is 0.325 e. The Morgan fingerprint density at radius 3 is 0.920 bits per heavy atom. The van der Waals surface area contributed by atoms with E-state index in [2.05, 4.69) is 21.3 Å². The predicted octanol–water partition coefficient (Wildman–Crippen LogP) is 6.47. The second kappa shape index (κ2) is 15.8. The Hall–Kier alpha value is -5.58. The Balaban J connectivity index is 1.31. The lowest BCUT2D eigenvalue weighted by atomic mass is 9.98. The summed E-state index contributed by atoms with van der Waals surface area (Å²) in [5, 5.41) is 11.4. The molecule has 4 aromatic carbocycles. The fourth-order valence-corrected chi connectivity index (χ4v) is 8.74. The minimum Gasteiger partial charge on any atom is -0.325 e. The fourth-order valence-electron chi connectivity index (χ4n) is 5.49. The molecule has 2 atom stereocenters. The second-order valence-corrected chi connectivity index (χ2v) is 14.1. The zero-order chi connectivity index (χ0) is 34.8. The summed E-state index contributed by atoms with van der Waals surface area (Å²) < 4.78 is 0. The molecule has 0 aliphatic heterocycles. The number of benzene rings is 4. The van der Waals surface area contributed by atoms with E-state index in [-0.39, 0.29) is 23.6 Å². The molecular formula is C40H34N4O4S2. The van der Waals surface area contributed by atoms with E-state index >= 15 is 0 Å². The lowest BCUT2D eigenvalue weighted by Gasteiger charge is -2.42. The van der Waals surface area contributed by atoms with E-state index in [9.17, 15) is 19.2 Å². The van der Waals surface area contributed by atoms with E-state index in [1.165, 1.54) is 21.6 Å². The standard InChI is InChI=1S/C40H34N4O4S2/c45-35(29-17-5-1-6-18-29)41-39(42-36(46)30-19-7-2-8-20-30)27-15-13-25-33(39)49-50-34-26-14-16-28-40(34,43-37(47)31-21-9-3-10-22-31)44-38(48)32-23-11-4-12-24-32/h1-28,33-34H,(H,41,45)(H,42,46)(H,43,47)(H,44,48). The molecule has 6 rings (SSSR count). The Bertz CT molecular complexity index is 1700. The Kier molecular flexibility index (Phi) is 10.8. The van der Waals surface area contributed by atoms with Crippen LogP contribution in [-0.2, 0) is 0 Å². The second-order valence-electron chi connectivity index (χ2n) is 11.5. The summed E-state index contributed by atoms with van der Waals surface area (Å²) in [5.74, 6) is -1.46. The molecule has 4 aromatic rings. The average molecular weight is 699 g/mol. The highest BCUT2D eigenvalue weighted by molar-refractivity contribution is 8.77. The number of nitrogens with one attached hydrogen (secondary N) is 4. The topological polar surface area (TPSA) is 116 Å². The van der Waals surface area contributed by atoms with Crippen LogP contribution in [0.3, 0.4) is 0 Å². The van der Waals surface area contributed by atoms with Crippen LogP contribution >= 0.6 is 21.6 Å². The third-order valence-electron chi connectivity index (χ3n) is 8.10. The van der Waals surface area contributed by atoms with E-state index in [0.29, 0.717) is 22.3 Å². The van der Waals surface area contributed by atoms with E-state index in [4.69, 9.17) is 0 Å². The smallest absolute Gasteiger partial charge is 0.253 e. The van der Waals surface area contributed by atoms with Crippen LogP contribution in [0.2, 0.25) is 0 Å². The molecule has 2 unspecified atom stereocenters. The number of amides is 4. The van der Waals surface area contributed by atoms with Gasteiger partial charge in [-0.1, -0.05) is 131 Å². The molecule has 8 nitrogen and oxygen atoms in total. The van der Waals surface area contributed by atoms with Crippen LogP contribution in [0.15, 0.2) is 170 Å². The molecule has 0 heterocycles. The maximum atomic E-state index is 13.7. The highest BCUT2D eigenvalue weighted by Crippen LogP contribution is 2.43. The summed E-state index contributed by atoms with van der Waals surface area (Å²) in [7, 11) is 2.79. The summed E-state index contributed by atoms with van der Waals surface area (Å²) in [4.78, 5) is 54.6. The zero-order valence-corrected chi connectivity index (χ0v) is 28.4. The predicted molar refractivity (Wildman–Crippen MR) is 200 cm³/mol. The van der Waals surface area contributed by atoms with E-state index in [1.54, 1.807) is 121 Å². The van der Waals surface area contributed by atoms with Gasteiger partial charge in [-0.25, -0.2) is 0 Å². The van der Waals surface area contributed by atoms with Gasteiger partial charge in [0.2, 0.25) is 0 Å². The maximum absolute atomic E-state index is 13.7. The van der Waals surface area contributed by atoms with Crippen LogP contribution in [0, 0.1) is 0 Å². The van der Waals surface area contributed by atoms with Gasteiger partial charge in [0.25, 0.3) is 23.6 Å². The molecule has 0 saturated carbocycles. The van der Waals surface area contributed by atoms with Crippen molar-refractivity contribution in [1.82, 2.24) is 21.3 Å². The van der Waals surface area contributed by atoms with Crippen molar-refractivity contribution < 1.29 is 19.2 Å². The van der Waals surface area contributed by atoms with E-state index < -0.39 is 21.8 Å². The Labute approximate surface area is 298 Å². The lowest BCUT2D eigenvalue weighted by molar-refractivity contribution is 0.0827. The number of hydrogen-bond acceptors (Lipinski definition) is 6. The van der Waals surface area contributed by atoms with Crippen molar-refractivity contribution in [1.29, 1.82) is 0 Å². The van der Waals surface area contributed by atoms with Crippen LogP contribution in [0.25, 0.3) is 0 Å². The molecule has 0 fully saturated rings. The summed E-state index contributed by atoms with van der Waals surface area (Å²) >= 11 is 0. The van der Waals surface area contributed by atoms with Gasteiger partial charge in [-0.2, -0.15) is 0 Å². The van der Waals surface area contributed by atoms with Crippen molar-refractivity contribution in [2.24, 2.45) is 0 Å². The third-order valence-corrected chi connectivity index (χ3v) is 11.3. The van der Waals surface area contributed by atoms with Crippen molar-refractivity contribution in [3.05, 3.63) is 192 Å². The number of rotatable bonds is 11. The molecule has 0 bridgehead atoms. The zero-order valence-electron chi connectivity index (χ0n) is 26.8. The minimum atomic E-state index is -1.34. The van der Waals surface area contributed by atoms with Gasteiger partial charge in [0.15, 0.2) is 0 Å². The highest BCUT2D eigenvalue weighted by Gasteiger charge is 2.44. The van der Waals surface area contributed by atoms with Gasteiger partial charge in [0.1, 0.15) is 11.3 Å². The quantitative estimate of drug-likeness (QED) is 0.106. The molecule has 0 aromatic heterocycles. The van der Waals surface area contributed by atoms with E-state index in [0.717, 1.165) is 0 Å². The van der Waals surface area contributed by atoms with Gasteiger partial charge in [-0.05, 0) is 60.7 Å². The molecule has 4 amide bonds. The molecule has 2 aliphatic rings. The maximum Gasteiger partial charge on any atom is 0.253 e. The first-order valence-corrected chi connectivity index (χ1v) is 18.2. The fraction of sp³-hybridized carbons (Fsp3) is 0.100. The first-order chi connectivity index (χ1) is 24.4. The Morgan fingerprint density at radius 1 is 0.400 bits per heavy atom. The van der Waals surface area contributed by atoms with Crippen LogP contribution in [0.5, 0.6) is 0 Å². The summed E-state index contributed by atoms with van der Waals surface area (Å²) in [6, 6.07) is 35.2. The number of allylic oxidation sites excluding steroid dienone is 4. The normalized spacial score (nSPS) is 18.1. The number of hydrogen-bond donors (Lipinski definition) is 4. The molecule has 4 N–H and O–H groups in total. The van der Waals surface area contributed by atoms with Crippen LogP contribution in [0.4, 0.5) is 0 Å². The minimum absolute atomic E-state index is 0.366.